The zero-order valence-electron chi connectivity index (χ0n) is 15.0. The number of hydrogen-bond donors (Lipinski definition) is 1. The van der Waals surface area contributed by atoms with Crippen LogP contribution in [0.1, 0.15) is 32.3 Å². The lowest BCUT2D eigenvalue weighted by Crippen LogP contribution is -2.35. The zero-order valence-corrected chi connectivity index (χ0v) is 15.0. The van der Waals surface area contributed by atoms with Gasteiger partial charge in [0.25, 0.3) is 0 Å². The van der Waals surface area contributed by atoms with Crippen LogP contribution in [0.15, 0.2) is 24.3 Å². The monoisotopic (exact) mass is 331 g/mol. The van der Waals surface area contributed by atoms with Crippen LogP contribution in [0.4, 0.5) is 5.69 Å². The van der Waals surface area contributed by atoms with E-state index in [4.69, 9.17) is 0 Å². The van der Waals surface area contributed by atoms with E-state index in [1.54, 1.807) is 4.90 Å². The van der Waals surface area contributed by atoms with Gasteiger partial charge in [-0.05, 0) is 44.6 Å². The molecule has 24 heavy (non-hydrogen) atoms. The number of nitrogens with one attached hydrogen (secondary N) is 1. The van der Waals surface area contributed by atoms with E-state index in [0.717, 1.165) is 37.3 Å². The fourth-order valence-electron chi connectivity index (χ4n) is 3.18. The van der Waals surface area contributed by atoms with Crippen molar-refractivity contribution in [1.29, 1.82) is 0 Å². The number of para-hydroxylation sites is 1. The smallest absolute Gasteiger partial charge is 0.227 e. The van der Waals surface area contributed by atoms with Crippen molar-refractivity contribution < 1.29 is 9.59 Å². The Kier molecular flexibility index (Phi) is 6.79. The van der Waals surface area contributed by atoms with E-state index >= 15 is 0 Å². The van der Waals surface area contributed by atoms with Gasteiger partial charge in [-0.2, -0.15) is 0 Å². The Morgan fingerprint density at radius 1 is 1.29 bits per heavy atom. The summed E-state index contributed by atoms with van der Waals surface area (Å²) >= 11 is 0. The van der Waals surface area contributed by atoms with Crippen molar-refractivity contribution in [3.63, 3.8) is 0 Å². The Bertz CT molecular complexity index is 569. The number of aryl methyl sites for hydroxylation is 1. The number of amides is 2. The first-order valence-electron chi connectivity index (χ1n) is 8.92. The van der Waals surface area contributed by atoms with Crippen LogP contribution in [-0.4, -0.2) is 49.4 Å². The minimum absolute atomic E-state index is 0.000943. The predicted molar refractivity (Wildman–Crippen MR) is 97.1 cm³/mol. The summed E-state index contributed by atoms with van der Waals surface area (Å²) < 4.78 is 0. The lowest BCUT2D eigenvalue weighted by molar-refractivity contribution is -0.126. The van der Waals surface area contributed by atoms with Gasteiger partial charge < -0.3 is 15.1 Å². The second kappa shape index (κ2) is 8.83. The molecule has 1 aliphatic heterocycles. The fourth-order valence-corrected chi connectivity index (χ4v) is 3.18. The van der Waals surface area contributed by atoms with E-state index < -0.39 is 0 Å². The second-order valence-electron chi connectivity index (χ2n) is 6.36. The van der Waals surface area contributed by atoms with Crippen LogP contribution in [0, 0.1) is 12.8 Å². The Hall–Kier alpha value is -1.88. The largest absolute Gasteiger partial charge is 0.356 e. The van der Waals surface area contributed by atoms with Gasteiger partial charge in [-0.15, -0.1) is 0 Å². The Balaban J connectivity index is 1.82. The molecule has 1 unspecified atom stereocenters. The molecule has 0 bridgehead atoms. The molecule has 2 amide bonds. The van der Waals surface area contributed by atoms with Gasteiger partial charge >= 0.3 is 0 Å². The van der Waals surface area contributed by atoms with E-state index in [0.29, 0.717) is 19.5 Å². The van der Waals surface area contributed by atoms with Crippen molar-refractivity contribution in [2.75, 3.05) is 37.6 Å². The standard InChI is InChI=1S/C19H29N3O2/c1-4-21(5-2)12-8-11-20-19(24)16-13-18(23)22(14-16)17-10-7-6-9-15(17)3/h6-7,9-10,16H,4-5,8,11-14H2,1-3H3,(H,20,24). The topological polar surface area (TPSA) is 52.7 Å². The molecule has 132 valence electrons. The normalized spacial score (nSPS) is 17.6. The highest BCUT2D eigenvalue weighted by Gasteiger charge is 2.35. The number of nitrogens with zero attached hydrogens (tertiary/aromatic N) is 2. The number of carbonyl (C=O) groups is 2. The minimum Gasteiger partial charge on any atom is -0.356 e. The third-order valence-corrected chi connectivity index (χ3v) is 4.75. The summed E-state index contributed by atoms with van der Waals surface area (Å²) in [4.78, 5) is 28.7. The summed E-state index contributed by atoms with van der Waals surface area (Å²) in [6.45, 7) is 10.5. The van der Waals surface area contributed by atoms with Crippen molar-refractivity contribution in [3.8, 4) is 0 Å². The minimum atomic E-state index is -0.245. The van der Waals surface area contributed by atoms with Gasteiger partial charge in [-0.1, -0.05) is 32.0 Å². The van der Waals surface area contributed by atoms with Crippen molar-refractivity contribution in [2.24, 2.45) is 5.92 Å². The van der Waals surface area contributed by atoms with Gasteiger partial charge in [0.2, 0.25) is 11.8 Å². The van der Waals surface area contributed by atoms with E-state index in [1.807, 2.05) is 31.2 Å². The van der Waals surface area contributed by atoms with Gasteiger partial charge in [0.15, 0.2) is 0 Å². The molecule has 1 aromatic rings. The van der Waals surface area contributed by atoms with Crippen LogP contribution in [-0.2, 0) is 9.59 Å². The summed E-state index contributed by atoms with van der Waals surface area (Å²) in [7, 11) is 0. The SMILES string of the molecule is CCN(CC)CCCNC(=O)C1CC(=O)N(c2ccccc2C)C1. The first kappa shape index (κ1) is 18.5. The Labute approximate surface area is 145 Å². The van der Waals surface area contributed by atoms with Gasteiger partial charge in [0.1, 0.15) is 0 Å². The van der Waals surface area contributed by atoms with E-state index in [9.17, 15) is 9.59 Å². The van der Waals surface area contributed by atoms with Crippen molar-refractivity contribution >= 4 is 17.5 Å². The maximum Gasteiger partial charge on any atom is 0.227 e. The second-order valence-corrected chi connectivity index (χ2v) is 6.36. The molecular formula is C19H29N3O2. The maximum atomic E-state index is 12.3. The number of benzene rings is 1. The summed E-state index contributed by atoms with van der Waals surface area (Å²) in [5.41, 5.74) is 1.98. The molecule has 1 heterocycles. The third kappa shape index (κ3) is 4.57. The molecule has 1 N–H and O–H groups in total. The molecular weight excluding hydrogens is 302 g/mol. The molecule has 5 nitrogen and oxygen atoms in total. The van der Waals surface area contributed by atoms with Crippen molar-refractivity contribution in [1.82, 2.24) is 10.2 Å². The Morgan fingerprint density at radius 2 is 2.00 bits per heavy atom. The van der Waals surface area contributed by atoms with Crippen LogP contribution >= 0.6 is 0 Å². The molecule has 5 heteroatoms. The fraction of sp³-hybridized carbons (Fsp3) is 0.579. The van der Waals surface area contributed by atoms with Crippen LogP contribution in [0.25, 0.3) is 0 Å². The molecule has 0 aromatic heterocycles. The predicted octanol–water partition coefficient (Wildman–Crippen LogP) is 2.20. The zero-order chi connectivity index (χ0) is 17.5. The Morgan fingerprint density at radius 3 is 2.67 bits per heavy atom. The summed E-state index contributed by atoms with van der Waals surface area (Å²) in [6.07, 6.45) is 1.24. The number of rotatable bonds is 8. The molecule has 0 aliphatic carbocycles. The summed E-state index contributed by atoms with van der Waals surface area (Å²) in [6, 6.07) is 7.82. The molecule has 1 aliphatic rings. The van der Waals surface area contributed by atoms with Gasteiger partial charge in [-0.25, -0.2) is 0 Å². The van der Waals surface area contributed by atoms with Gasteiger partial charge in [0.05, 0.1) is 5.92 Å². The molecule has 0 spiro atoms. The molecule has 1 atom stereocenters. The highest BCUT2D eigenvalue weighted by molar-refractivity contribution is 6.00. The average Bonchev–Trinajstić information content (AvgIpc) is 2.97. The lowest BCUT2D eigenvalue weighted by Gasteiger charge is -2.19. The average molecular weight is 331 g/mol. The first-order chi connectivity index (χ1) is 11.6. The van der Waals surface area contributed by atoms with Crippen LogP contribution in [0.2, 0.25) is 0 Å². The van der Waals surface area contributed by atoms with Gasteiger partial charge in [0, 0.05) is 25.2 Å². The lowest BCUT2D eigenvalue weighted by atomic mass is 10.1. The molecule has 1 aromatic carbocycles. The maximum absolute atomic E-state index is 12.3. The molecule has 2 rings (SSSR count). The molecule has 0 radical (unpaired) electrons. The summed E-state index contributed by atoms with van der Waals surface area (Å²) in [5.74, 6) is -0.211. The summed E-state index contributed by atoms with van der Waals surface area (Å²) in [5, 5.41) is 2.99. The van der Waals surface area contributed by atoms with Gasteiger partial charge in [-0.3, -0.25) is 9.59 Å². The van der Waals surface area contributed by atoms with E-state index in [2.05, 4.69) is 24.1 Å². The van der Waals surface area contributed by atoms with Crippen molar-refractivity contribution in [3.05, 3.63) is 29.8 Å². The highest BCUT2D eigenvalue weighted by Crippen LogP contribution is 2.27. The molecule has 1 saturated heterocycles. The van der Waals surface area contributed by atoms with Crippen LogP contribution in [0.5, 0.6) is 0 Å². The van der Waals surface area contributed by atoms with Crippen LogP contribution in [0.3, 0.4) is 0 Å². The number of anilines is 1. The molecule has 1 fully saturated rings. The van der Waals surface area contributed by atoms with Crippen molar-refractivity contribution in [2.45, 2.75) is 33.6 Å². The van der Waals surface area contributed by atoms with E-state index in [1.165, 1.54) is 0 Å². The molecule has 0 saturated carbocycles. The number of carbonyl (C=O) groups excluding carboxylic acids is 2. The third-order valence-electron chi connectivity index (χ3n) is 4.75. The quantitative estimate of drug-likeness (QED) is 0.743. The first-order valence-corrected chi connectivity index (χ1v) is 8.92. The number of hydrogen-bond acceptors (Lipinski definition) is 3. The van der Waals surface area contributed by atoms with E-state index in [-0.39, 0.29) is 17.7 Å². The van der Waals surface area contributed by atoms with Crippen LogP contribution < -0.4 is 10.2 Å². The highest BCUT2D eigenvalue weighted by atomic mass is 16.2.